The molecule has 2 unspecified atom stereocenters. The maximum Gasteiger partial charge on any atom is 0.259 e. The average Bonchev–Trinajstić information content (AvgIpc) is 3.28. The van der Waals surface area contributed by atoms with Crippen molar-refractivity contribution < 1.29 is 14.0 Å². The summed E-state index contributed by atoms with van der Waals surface area (Å²) in [7, 11) is 0. The van der Waals surface area contributed by atoms with E-state index in [1.165, 1.54) is 147 Å². The van der Waals surface area contributed by atoms with Crippen LogP contribution >= 0.6 is 22.7 Å². The zero-order chi connectivity index (χ0) is 62.5. The first-order chi connectivity index (χ1) is 42.6. The van der Waals surface area contributed by atoms with E-state index in [9.17, 15) is 0 Å². The summed E-state index contributed by atoms with van der Waals surface area (Å²) in [5, 5.41) is 3.42. The van der Waals surface area contributed by atoms with E-state index in [-0.39, 0.29) is 22.6 Å². The number of amides is 2. The third-order valence-corrected chi connectivity index (χ3v) is 21.9. The first-order valence-electron chi connectivity index (χ1n) is 34.7. The van der Waals surface area contributed by atoms with Gasteiger partial charge in [0.15, 0.2) is 0 Å². The summed E-state index contributed by atoms with van der Waals surface area (Å²) in [6.45, 7) is 30.4. The van der Waals surface area contributed by atoms with Gasteiger partial charge in [-0.25, -0.2) is 0 Å². The van der Waals surface area contributed by atoms with Crippen LogP contribution in [0.3, 0.4) is 0 Å². The van der Waals surface area contributed by atoms with E-state index < -0.39 is 0 Å². The van der Waals surface area contributed by atoms with Gasteiger partial charge in [0, 0.05) is 61.3 Å². The monoisotopic (exact) mass is 1220 g/mol. The smallest absolute Gasteiger partial charge is 0.259 e. The second-order valence-corrected chi connectivity index (χ2v) is 30.1. The number of furan rings is 1. The van der Waals surface area contributed by atoms with Gasteiger partial charge in [0.05, 0.1) is 31.9 Å². The van der Waals surface area contributed by atoms with Gasteiger partial charge in [0.25, 0.3) is 11.8 Å². The second-order valence-electron chi connectivity index (χ2n) is 28.0. The largest absolute Gasteiger partial charge is 0.455 e. The first-order valence-corrected chi connectivity index (χ1v) is 36.3. The summed E-state index contributed by atoms with van der Waals surface area (Å²) in [5.41, 5.74) is 11.0. The molecule has 2 atom stereocenters. The molecule has 9 rings (SSSR count). The molecule has 470 valence electrons. The Morgan fingerprint density at radius 1 is 0.557 bits per heavy atom. The number of unbranched alkanes of at least 4 members (excludes halogenated alkanes) is 16. The molecule has 7 aromatic rings. The molecule has 0 N–H and O–H groups in total. The SMILES string of the molecule is C=C/C=C(\C=C/C)c1oc2c3cc(C(C)(C)C)sc3c3sc(-c4ccc5c(c4)N(CC(CCCCCC)CCCCCCCC)C(=O)/C5=C4/C(=O)N(CC(CCCCCC)CCCCCCCC)c5cc(C(C)(C)C)ccc54)cc3c2c1-c1ccccc1. The lowest BCUT2D eigenvalue weighted by Gasteiger charge is -2.26. The Balaban J connectivity index is 1.23. The molecule has 2 amide bonds. The van der Waals surface area contributed by atoms with Gasteiger partial charge in [-0.2, -0.15) is 0 Å². The topological polar surface area (TPSA) is 53.8 Å². The van der Waals surface area contributed by atoms with Gasteiger partial charge in [0.1, 0.15) is 11.3 Å². The maximum absolute atomic E-state index is 16.2. The van der Waals surface area contributed by atoms with Crippen LogP contribution in [-0.4, -0.2) is 24.9 Å². The Labute approximate surface area is 538 Å². The average molecular weight is 1220 g/mol. The zero-order valence-electron chi connectivity index (χ0n) is 56.0. The van der Waals surface area contributed by atoms with Crippen molar-refractivity contribution in [2.24, 2.45) is 11.8 Å². The number of thiophene rings is 2. The van der Waals surface area contributed by atoms with Crippen molar-refractivity contribution in [3.8, 4) is 21.6 Å². The van der Waals surface area contributed by atoms with Crippen LogP contribution in [0.25, 0.3) is 69.4 Å². The minimum atomic E-state index is -0.119. The Bertz CT molecular complexity index is 3600. The van der Waals surface area contributed by atoms with Crippen molar-refractivity contribution >= 4 is 93.7 Å². The number of hydrogen-bond donors (Lipinski definition) is 0. The lowest BCUT2D eigenvalue weighted by molar-refractivity contribution is -0.114. The molecule has 4 aromatic carbocycles. The van der Waals surface area contributed by atoms with Crippen LogP contribution < -0.4 is 9.80 Å². The van der Waals surface area contributed by atoms with E-state index in [0.717, 1.165) is 104 Å². The highest BCUT2D eigenvalue weighted by atomic mass is 32.1. The number of anilines is 2. The normalized spacial score (nSPS) is 15.6. The molecule has 0 saturated heterocycles. The molecule has 2 aliphatic rings. The van der Waals surface area contributed by atoms with E-state index in [0.29, 0.717) is 36.1 Å². The van der Waals surface area contributed by atoms with Crippen molar-refractivity contribution in [1.29, 1.82) is 0 Å². The summed E-state index contributed by atoms with van der Waals surface area (Å²) >= 11 is 3.73. The molecule has 0 radical (unpaired) electrons. The first kappa shape index (κ1) is 66.7. The fraction of sp³-hybridized carbons (Fsp3) is 0.506. The van der Waals surface area contributed by atoms with Crippen LogP contribution in [0.2, 0.25) is 0 Å². The van der Waals surface area contributed by atoms with Crippen molar-refractivity contribution in [3.05, 3.63) is 137 Å². The molecule has 5 nitrogen and oxygen atoms in total. The highest BCUT2D eigenvalue weighted by Crippen LogP contribution is 2.54. The predicted octanol–water partition coefficient (Wildman–Crippen LogP) is 25.2. The van der Waals surface area contributed by atoms with E-state index >= 15 is 9.59 Å². The van der Waals surface area contributed by atoms with E-state index in [4.69, 9.17) is 4.42 Å². The fourth-order valence-corrected chi connectivity index (χ4v) is 16.4. The molecule has 3 aromatic heterocycles. The lowest BCUT2D eigenvalue weighted by Crippen LogP contribution is -2.34. The Morgan fingerprint density at radius 3 is 1.57 bits per heavy atom. The number of carbonyl (C=O) groups is 2. The minimum Gasteiger partial charge on any atom is -0.455 e. The number of benzene rings is 4. The number of allylic oxidation sites excluding steroid dienone is 5. The summed E-state index contributed by atoms with van der Waals surface area (Å²) in [6, 6.07) is 29.0. The summed E-state index contributed by atoms with van der Waals surface area (Å²) in [6.07, 6.45) is 37.2. The van der Waals surface area contributed by atoms with Crippen LogP contribution in [0.15, 0.2) is 114 Å². The number of nitrogens with zero attached hydrogens (tertiary/aromatic N) is 2. The van der Waals surface area contributed by atoms with Crippen molar-refractivity contribution in [3.63, 3.8) is 0 Å². The molecule has 88 heavy (non-hydrogen) atoms. The Kier molecular flexibility index (Phi) is 23.4. The summed E-state index contributed by atoms with van der Waals surface area (Å²) in [4.78, 5) is 39.0. The summed E-state index contributed by atoms with van der Waals surface area (Å²) in [5.74, 6) is 1.53. The van der Waals surface area contributed by atoms with Gasteiger partial charge in [0.2, 0.25) is 0 Å². The van der Waals surface area contributed by atoms with Crippen LogP contribution in [0.4, 0.5) is 11.4 Å². The van der Waals surface area contributed by atoms with E-state index in [1.54, 1.807) is 0 Å². The standard InChI is InChI=1S/C81H106N2O3S2/c1-13-19-23-27-29-34-42-56(40-32-25-21-15-3)54-82-66-50-60(68-52-64-71-70(58-44-36-31-37-45-58)74(59(38-17-5)39-18-6)86-75(71)65-53-69(81(10,11)12)88-77(65)76(64)87-68)46-48-62(66)72(78(82)84)73-63-49-47-61(80(7,8)9)51-67(63)83(79(73)85)55-57(41-33-26-22-16-4)43-35-30-28-24-20-14-2/h17-18,31,36-39,44-53,56-57H,5,13-16,19-30,32-35,40-43,54-55H2,1-4,6-12H3/b39-18-,59-38+,73-72+. The fourth-order valence-electron chi connectivity index (χ4n) is 13.9. The second kappa shape index (κ2) is 30.8. The predicted molar refractivity (Wildman–Crippen MR) is 387 cm³/mol. The zero-order valence-corrected chi connectivity index (χ0v) is 57.6. The molecule has 0 fully saturated rings. The Hall–Kier alpha value is -5.76. The van der Waals surface area contributed by atoms with E-state index in [2.05, 4.69) is 190 Å². The Morgan fingerprint density at radius 2 is 1.06 bits per heavy atom. The van der Waals surface area contributed by atoms with E-state index in [1.807, 2.05) is 28.7 Å². The highest BCUT2D eigenvalue weighted by Gasteiger charge is 2.44. The number of rotatable bonds is 33. The molecule has 2 aliphatic heterocycles. The third-order valence-electron chi connectivity index (χ3n) is 19.0. The quantitative estimate of drug-likeness (QED) is 0.0234. The number of hydrogen-bond acceptors (Lipinski definition) is 5. The summed E-state index contributed by atoms with van der Waals surface area (Å²) < 4.78 is 9.75. The molecule has 0 spiro atoms. The minimum absolute atomic E-state index is 0.0108. The van der Waals surface area contributed by atoms with Crippen molar-refractivity contribution in [2.75, 3.05) is 22.9 Å². The van der Waals surface area contributed by atoms with Gasteiger partial charge >= 0.3 is 0 Å². The lowest BCUT2D eigenvalue weighted by atomic mass is 9.85. The van der Waals surface area contributed by atoms with Crippen LogP contribution in [-0.2, 0) is 20.4 Å². The molecule has 0 aliphatic carbocycles. The third kappa shape index (κ3) is 15.2. The van der Waals surface area contributed by atoms with Gasteiger partial charge < -0.3 is 14.2 Å². The molecular weight excluding hydrogens is 1110 g/mol. The number of carbonyl (C=O) groups excluding carboxylic acids is 2. The van der Waals surface area contributed by atoms with Gasteiger partial charge in [-0.05, 0) is 96.2 Å². The van der Waals surface area contributed by atoms with Gasteiger partial charge in [-0.15, -0.1) is 22.7 Å². The highest BCUT2D eigenvalue weighted by molar-refractivity contribution is 7.29. The van der Waals surface area contributed by atoms with Crippen LogP contribution in [0.1, 0.15) is 258 Å². The van der Waals surface area contributed by atoms with Crippen LogP contribution in [0, 0.1) is 11.8 Å². The van der Waals surface area contributed by atoms with Crippen molar-refractivity contribution in [1.82, 2.24) is 0 Å². The van der Waals surface area contributed by atoms with Gasteiger partial charge in [-0.1, -0.05) is 283 Å². The van der Waals surface area contributed by atoms with Gasteiger partial charge in [-0.3, -0.25) is 9.59 Å². The maximum atomic E-state index is 16.2. The number of fused-ring (bicyclic) bond motifs is 8. The van der Waals surface area contributed by atoms with Crippen LogP contribution in [0.5, 0.6) is 0 Å². The molecule has 0 saturated carbocycles. The molecule has 7 heteroatoms. The molecule has 5 heterocycles. The van der Waals surface area contributed by atoms with Crippen molar-refractivity contribution in [2.45, 2.75) is 241 Å². The molecular formula is C81H106N2O3S2. The molecule has 0 bridgehead atoms.